The molecular weight excluding hydrogens is 384 g/mol. The fourth-order valence-corrected chi connectivity index (χ4v) is 7.30. The van der Waals surface area contributed by atoms with E-state index in [0.29, 0.717) is 17.4 Å². The van der Waals surface area contributed by atoms with E-state index in [4.69, 9.17) is 4.74 Å². The van der Waals surface area contributed by atoms with Crippen LogP contribution in [0.25, 0.3) is 0 Å². The lowest BCUT2D eigenvalue weighted by Crippen LogP contribution is -2.57. The third-order valence-corrected chi connectivity index (χ3v) is 8.91. The van der Waals surface area contributed by atoms with Crippen molar-refractivity contribution in [1.82, 2.24) is 9.21 Å². The Bertz CT molecular complexity index is 992. The van der Waals surface area contributed by atoms with Crippen LogP contribution < -0.4 is 4.74 Å². The van der Waals surface area contributed by atoms with Gasteiger partial charge >= 0.3 is 0 Å². The molecule has 5 rings (SSSR count). The summed E-state index contributed by atoms with van der Waals surface area (Å²) >= 11 is 0. The highest BCUT2D eigenvalue weighted by Gasteiger charge is 2.46. The summed E-state index contributed by atoms with van der Waals surface area (Å²) in [4.78, 5) is 2.99. The fourth-order valence-electron chi connectivity index (χ4n) is 5.54. The van der Waals surface area contributed by atoms with Gasteiger partial charge in [-0.2, -0.15) is 4.31 Å². The number of methoxy groups -OCH3 is 1. The summed E-state index contributed by atoms with van der Waals surface area (Å²) in [6.45, 7) is 2.65. The van der Waals surface area contributed by atoms with Gasteiger partial charge in [0.05, 0.1) is 12.0 Å². The summed E-state index contributed by atoms with van der Waals surface area (Å²) < 4.78 is 34.1. The third kappa shape index (κ3) is 3.27. The Morgan fingerprint density at radius 2 is 1.90 bits per heavy atom. The quantitative estimate of drug-likeness (QED) is 0.775. The zero-order chi connectivity index (χ0) is 20.0. The molecule has 6 heteroatoms. The van der Waals surface area contributed by atoms with Crippen LogP contribution >= 0.6 is 0 Å². The standard InChI is InChI=1S/C23H28N2O3S/c1-28-19-9-10-21-17(14-19)11-13-24-16-18-6-5-12-25(22(18)15-23(21)24)29(26,27)20-7-3-2-4-8-20/h2-4,7-10,14,18,22-23H,5-6,11-13,15-16H2,1H3/t18-,22+,23+/m1/s1. The Kier molecular flexibility index (Phi) is 4.88. The maximum absolute atomic E-state index is 13.4. The summed E-state index contributed by atoms with van der Waals surface area (Å²) in [6, 6.07) is 15.6. The average molecular weight is 413 g/mol. The summed E-state index contributed by atoms with van der Waals surface area (Å²) in [5.74, 6) is 1.31. The number of benzene rings is 2. The summed E-state index contributed by atoms with van der Waals surface area (Å²) in [6.07, 6.45) is 3.96. The molecule has 2 saturated heterocycles. The van der Waals surface area contributed by atoms with E-state index in [0.717, 1.165) is 44.5 Å². The Labute approximate surface area is 173 Å². The highest BCUT2D eigenvalue weighted by molar-refractivity contribution is 7.89. The van der Waals surface area contributed by atoms with Crippen LogP contribution in [0.15, 0.2) is 53.4 Å². The Morgan fingerprint density at radius 3 is 2.69 bits per heavy atom. The highest BCUT2D eigenvalue weighted by Crippen LogP contribution is 2.44. The number of hydrogen-bond donors (Lipinski definition) is 0. The maximum atomic E-state index is 13.4. The predicted octanol–water partition coefficient (Wildman–Crippen LogP) is 3.47. The van der Waals surface area contributed by atoms with Crippen LogP contribution in [0.3, 0.4) is 0 Å². The fraction of sp³-hybridized carbons (Fsp3) is 0.478. The molecule has 0 saturated carbocycles. The second-order valence-electron chi connectivity index (χ2n) is 8.46. The SMILES string of the molecule is COc1ccc2c(c1)CCN1C[C@H]3CCCN(S(=O)(=O)c4ccccc4)[C@H]3C[C@@H]21. The minimum absolute atomic E-state index is 0.0725. The molecule has 0 aliphatic carbocycles. The molecule has 0 unspecified atom stereocenters. The lowest BCUT2D eigenvalue weighted by molar-refractivity contribution is 0.0219. The van der Waals surface area contributed by atoms with Crippen molar-refractivity contribution in [2.24, 2.45) is 5.92 Å². The topological polar surface area (TPSA) is 49.9 Å². The number of nitrogens with zero attached hydrogens (tertiary/aromatic N) is 2. The number of ether oxygens (including phenoxy) is 1. The van der Waals surface area contributed by atoms with Crippen molar-refractivity contribution in [2.45, 2.75) is 42.7 Å². The summed E-state index contributed by atoms with van der Waals surface area (Å²) in [5, 5.41) is 0. The molecule has 0 aromatic heterocycles. The van der Waals surface area contributed by atoms with Gasteiger partial charge in [-0.3, -0.25) is 4.90 Å². The van der Waals surface area contributed by atoms with Crippen molar-refractivity contribution >= 4 is 10.0 Å². The van der Waals surface area contributed by atoms with Gasteiger partial charge < -0.3 is 4.74 Å². The molecule has 2 aromatic rings. The predicted molar refractivity (Wildman–Crippen MR) is 112 cm³/mol. The van der Waals surface area contributed by atoms with Gasteiger partial charge in [0.1, 0.15) is 5.75 Å². The molecule has 2 aromatic carbocycles. The van der Waals surface area contributed by atoms with E-state index in [2.05, 4.69) is 17.0 Å². The first-order valence-corrected chi connectivity index (χ1v) is 12.0. The number of fused-ring (bicyclic) bond motifs is 4. The summed E-state index contributed by atoms with van der Waals surface area (Å²) in [7, 11) is -1.76. The molecule has 29 heavy (non-hydrogen) atoms. The normalized spacial score (nSPS) is 27.6. The Balaban J connectivity index is 1.48. The smallest absolute Gasteiger partial charge is 0.243 e. The Morgan fingerprint density at radius 1 is 1.07 bits per heavy atom. The molecule has 0 amide bonds. The van der Waals surface area contributed by atoms with Crippen molar-refractivity contribution in [3.63, 3.8) is 0 Å². The molecule has 3 atom stereocenters. The van der Waals surface area contributed by atoms with Gasteiger partial charge in [0.15, 0.2) is 0 Å². The van der Waals surface area contributed by atoms with E-state index in [1.54, 1.807) is 19.2 Å². The van der Waals surface area contributed by atoms with E-state index in [-0.39, 0.29) is 12.1 Å². The minimum Gasteiger partial charge on any atom is -0.497 e. The molecule has 5 nitrogen and oxygen atoms in total. The third-order valence-electron chi connectivity index (χ3n) is 6.97. The van der Waals surface area contributed by atoms with Crippen molar-refractivity contribution in [3.05, 3.63) is 59.7 Å². The van der Waals surface area contributed by atoms with Gasteiger partial charge in [0, 0.05) is 31.7 Å². The van der Waals surface area contributed by atoms with Crippen molar-refractivity contribution < 1.29 is 13.2 Å². The highest BCUT2D eigenvalue weighted by atomic mass is 32.2. The molecule has 0 spiro atoms. The number of hydrogen-bond acceptors (Lipinski definition) is 4. The molecule has 3 aliphatic rings. The number of piperidine rings is 2. The van der Waals surface area contributed by atoms with Crippen LogP contribution in [0.1, 0.15) is 36.4 Å². The Hall–Kier alpha value is -1.89. The molecular formula is C23H28N2O3S. The first-order chi connectivity index (χ1) is 14.1. The zero-order valence-electron chi connectivity index (χ0n) is 16.8. The number of rotatable bonds is 3. The van der Waals surface area contributed by atoms with Gasteiger partial charge in [-0.15, -0.1) is 0 Å². The molecule has 0 radical (unpaired) electrons. The first kappa shape index (κ1) is 19.1. The van der Waals surface area contributed by atoms with Crippen LogP contribution in [0.2, 0.25) is 0 Å². The largest absolute Gasteiger partial charge is 0.497 e. The maximum Gasteiger partial charge on any atom is 0.243 e. The molecule has 0 bridgehead atoms. The van der Waals surface area contributed by atoms with Crippen LogP contribution in [0.4, 0.5) is 0 Å². The van der Waals surface area contributed by atoms with Gasteiger partial charge in [-0.1, -0.05) is 24.3 Å². The number of sulfonamides is 1. The van der Waals surface area contributed by atoms with E-state index in [9.17, 15) is 8.42 Å². The monoisotopic (exact) mass is 412 g/mol. The van der Waals surface area contributed by atoms with E-state index >= 15 is 0 Å². The second kappa shape index (κ2) is 7.42. The van der Waals surface area contributed by atoms with E-state index in [1.807, 2.05) is 28.6 Å². The van der Waals surface area contributed by atoms with E-state index < -0.39 is 10.0 Å². The molecule has 0 N–H and O–H groups in total. The average Bonchev–Trinajstić information content (AvgIpc) is 2.77. The lowest BCUT2D eigenvalue weighted by Gasteiger charge is -2.51. The minimum atomic E-state index is -3.46. The zero-order valence-corrected chi connectivity index (χ0v) is 17.6. The summed E-state index contributed by atoms with van der Waals surface area (Å²) in [5.41, 5.74) is 2.69. The van der Waals surface area contributed by atoms with Crippen molar-refractivity contribution in [3.8, 4) is 5.75 Å². The van der Waals surface area contributed by atoms with Crippen LogP contribution in [0, 0.1) is 5.92 Å². The van der Waals surface area contributed by atoms with Gasteiger partial charge in [-0.05, 0) is 67.0 Å². The van der Waals surface area contributed by atoms with E-state index in [1.165, 1.54) is 11.1 Å². The first-order valence-electron chi connectivity index (χ1n) is 10.6. The lowest BCUT2D eigenvalue weighted by atomic mass is 9.77. The molecule has 3 heterocycles. The van der Waals surface area contributed by atoms with Crippen LogP contribution in [-0.4, -0.2) is 50.4 Å². The van der Waals surface area contributed by atoms with Gasteiger partial charge in [0.25, 0.3) is 0 Å². The molecule has 154 valence electrons. The van der Waals surface area contributed by atoms with Gasteiger partial charge in [0.2, 0.25) is 10.0 Å². The second-order valence-corrected chi connectivity index (χ2v) is 10.4. The van der Waals surface area contributed by atoms with Crippen molar-refractivity contribution in [2.75, 3.05) is 26.7 Å². The molecule has 3 aliphatic heterocycles. The molecule has 2 fully saturated rings. The van der Waals surface area contributed by atoms with Crippen LogP contribution in [0.5, 0.6) is 5.75 Å². The van der Waals surface area contributed by atoms with Crippen LogP contribution in [-0.2, 0) is 16.4 Å². The van der Waals surface area contributed by atoms with Gasteiger partial charge in [-0.25, -0.2) is 8.42 Å². The van der Waals surface area contributed by atoms with Crippen molar-refractivity contribution in [1.29, 1.82) is 0 Å².